The van der Waals surface area contributed by atoms with E-state index >= 15 is 0 Å². The van der Waals surface area contributed by atoms with Crippen LogP contribution in [0, 0.1) is 0 Å². The highest BCUT2D eigenvalue weighted by Crippen LogP contribution is 2.15. The van der Waals surface area contributed by atoms with Gasteiger partial charge in [0, 0.05) is 38.0 Å². The Bertz CT molecular complexity index is 758. The summed E-state index contributed by atoms with van der Waals surface area (Å²) in [5, 5.41) is 2.37. The van der Waals surface area contributed by atoms with Gasteiger partial charge in [-0.3, -0.25) is 14.3 Å². The average Bonchev–Trinajstić information content (AvgIpc) is 2.58. The van der Waals surface area contributed by atoms with E-state index < -0.39 is 0 Å². The van der Waals surface area contributed by atoms with E-state index in [1.807, 2.05) is 37.3 Å². The van der Waals surface area contributed by atoms with Gasteiger partial charge in [0.1, 0.15) is 0 Å². The van der Waals surface area contributed by atoms with Crippen LogP contribution in [0.1, 0.15) is 22.3 Å². The first-order chi connectivity index (χ1) is 11.6. The number of ether oxygens (including phenoxy) is 1. The van der Waals surface area contributed by atoms with Crippen LogP contribution in [0.4, 0.5) is 0 Å². The average molecular weight is 350 g/mol. The van der Waals surface area contributed by atoms with Gasteiger partial charge in [0.15, 0.2) is 11.7 Å². The Labute approximate surface area is 145 Å². The fourth-order valence-corrected chi connectivity index (χ4v) is 2.72. The highest BCUT2D eigenvalue weighted by molar-refractivity contribution is 7.93. The lowest BCUT2D eigenvalue weighted by atomic mass is 10.1. The quantitative estimate of drug-likeness (QED) is 0.424. The van der Waals surface area contributed by atoms with Crippen LogP contribution in [-0.2, 0) is 11.2 Å². The molecule has 0 aliphatic carbocycles. The van der Waals surface area contributed by atoms with Crippen LogP contribution in [0.15, 0.2) is 29.2 Å². The number of carbonyl (C=O) groups is 1. The molecule has 1 heterocycles. The van der Waals surface area contributed by atoms with E-state index in [4.69, 9.17) is 9.29 Å². The monoisotopic (exact) mass is 350 g/mol. The van der Waals surface area contributed by atoms with Crippen molar-refractivity contribution >= 4 is 29.2 Å². The van der Waals surface area contributed by atoms with Crippen LogP contribution in [-0.4, -0.2) is 48.6 Å². The molecule has 6 nitrogen and oxygen atoms in total. The second-order valence-electron chi connectivity index (χ2n) is 5.62. The number of hydrogen-bond donors (Lipinski definition) is 1. The minimum Gasteiger partial charge on any atom is -0.380 e. The van der Waals surface area contributed by atoms with Crippen LogP contribution in [0.25, 0.3) is 10.9 Å². The van der Waals surface area contributed by atoms with E-state index in [0.717, 1.165) is 36.0 Å². The molecule has 2 aromatic rings. The van der Waals surface area contributed by atoms with Gasteiger partial charge in [-0.15, -0.1) is 0 Å². The third-order valence-electron chi connectivity index (χ3n) is 3.71. The molecular formula is C17H22N2O4S. The Kier molecular flexibility index (Phi) is 6.84. The molecular weight excluding hydrogens is 328 g/mol. The highest BCUT2D eigenvalue weighted by atomic mass is 32.2. The maximum absolute atomic E-state index is 12.4. The third-order valence-corrected chi connectivity index (χ3v) is 4.06. The number of carbonyl (C=O) groups excluding carboxylic acids is 1. The third kappa shape index (κ3) is 4.37. The van der Waals surface area contributed by atoms with Crippen molar-refractivity contribution in [2.24, 2.45) is 0 Å². The van der Waals surface area contributed by atoms with Gasteiger partial charge in [0.25, 0.3) is 0 Å². The molecule has 7 heteroatoms. The number of aromatic nitrogens is 1. The second-order valence-corrected chi connectivity index (χ2v) is 6.29. The first-order valence-corrected chi connectivity index (χ1v) is 8.68. The van der Waals surface area contributed by atoms with Crippen molar-refractivity contribution in [3.05, 3.63) is 45.7 Å². The SMILES string of the molecule is CN(C)n1cc(C=O)c(=O)c2cc(CCCOCCSO)ccc21. The zero-order valence-corrected chi connectivity index (χ0v) is 14.7. The van der Waals surface area contributed by atoms with Gasteiger partial charge in [-0.05, 0) is 42.6 Å². The summed E-state index contributed by atoms with van der Waals surface area (Å²) in [6.45, 7) is 1.13. The Morgan fingerprint density at radius 1 is 1.33 bits per heavy atom. The maximum atomic E-state index is 12.4. The van der Waals surface area contributed by atoms with E-state index in [9.17, 15) is 9.59 Å². The van der Waals surface area contributed by atoms with Crippen molar-refractivity contribution in [3.8, 4) is 0 Å². The molecule has 0 aliphatic heterocycles. The molecule has 0 saturated carbocycles. The van der Waals surface area contributed by atoms with Crippen molar-refractivity contribution in [1.82, 2.24) is 4.68 Å². The molecule has 1 aromatic heterocycles. The molecule has 0 aliphatic rings. The molecule has 0 radical (unpaired) electrons. The van der Waals surface area contributed by atoms with E-state index in [-0.39, 0.29) is 11.0 Å². The Morgan fingerprint density at radius 3 is 2.79 bits per heavy atom. The molecule has 0 spiro atoms. The van der Waals surface area contributed by atoms with E-state index in [2.05, 4.69) is 0 Å². The number of rotatable bonds is 9. The standard InChI is InChI=1S/C17H22N2O4S/c1-18(2)19-11-14(12-20)17(21)15-10-13(5-6-16(15)19)4-3-7-23-8-9-24-22/h5-6,10-12,22H,3-4,7-9H2,1-2H3. The zero-order chi connectivity index (χ0) is 17.5. The summed E-state index contributed by atoms with van der Waals surface area (Å²) in [4.78, 5) is 23.6. The zero-order valence-electron chi connectivity index (χ0n) is 13.9. The van der Waals surface area contributed by atoms with Crippen molar-refractivity contribution in [2.45, 2.75) is 12.8 Å². The van der Waals surface area contributed by atoms with Crippen LogP contribution in [0.3, 0.4) is 0 Å². The summed E-state index contributed by atoms with van der Waals surface area (Å²) in [6, 6.07) is 5.75. The summed E-state index contributed by atoms with van der Waals surface area (Å²) in [5.74, 6) is 0.564. The minimum absolute atomic E-state index is 0.151. The summed E-state index contributed by atoms with van der Waals surface area (Å²) < 4.78 is 15.8. The summed E-state index contributed by atoms with van der Waals surface area (Å²) in [5.41, 5.74) is 1.72. The predicted octanol–water partition coefficient (Wildman–Crippen LogP) is 2.17. The van der Waals surface area contributed by atoms with Crippen LogP contribution >= 0.6 is 12.0 Å². The number of fused-ring (bicyclic) bond motifs is 1. The lowest BCUT2D eigenvalue weighted by molar-refractivity contribution is 0.112. The molecule has 1 aromatic carbocycles. The van der Waals surface area contributed by atoms with Gasteiger partial charge in [-0.25, -0.2) is 0 Å². The van der Waals surface area contributed by atoms with Gasteiger partial charge in [0.2, 0.25) is 0 Å². The van der Waals surface area contributed by atoms with Crippen molar-refractivity contribution in [1.29, 1.82) is 0 Å². The Morgan fingerprint density at radius 2 is 2.12 bits per heavy atom. The van der Waals surface area contributed by atoms with Gasteiger partial charge in [0.05, 0.1) is 17.7 Å². The highest BCUT2D eigenvalue weighted by Gasteiger charge is 2.10. The Hall–Kier alpha value is -1.83. The van der Waals surface area contributed by atoms with Gasteiger partial charge in [-0.2, -0.15) is 0 Å². The van der Waals surface area contributed by atoms with E-state index in [1.54, 1.807) is 10.9 Å². The molecule has 0 saturated heterocycles. The Balaban J connectivity index is 2.21. The molecule has 0 amide bonds. The van der Waals surface area contributed by atoms with Crippen LogP contribution in [0.5, 0.6) is 0 Å². The van der Waals surface area contributed by atoms with Crippen molar-refractivity contribution < 1.29 is 14.1 Å². The number of hydrogen-bond acceptors (Lipinski definition) is 6. The molecule has 2 rings (SSSR count). The normalized spacial score (nSPS) is 11.0. The van der Waals surface area contributed by atoms with Crippen LogP contribution in [0.2, 0.25) is 0 Å². The van der Waals surface area contributed by atoms with E-state index in [1.165, 1.54) is 0 Å². The fourth-order valence-electron chi connectivity index (χ4n) is 2.53. The van der Waals surface area contributed by atoms with E-state index in [0.29, 0.717) is 30.6 Å². The lowest BCUT2D eigenvalue weighted by Crippen LogP contribution is -2.28. The smallest absolute Gasteiger partial charge is 0.200 e. The topological polar surface area (TPSA) is 71.8 Å². The van der Waals surface area contributed by atoms with Gasteiger partial charge < -0.3 is 14.3 Å². The molecule has 0 atom stereocenters. The van der Waals surface area contributed by atoms with Gasteiger partial charge in [-0.1, -0.05) is 6.07 Å². The van der Waals surface area contributed by atoms with Crippen LogP contribution < -0.4 is 10.4 Å². The minimum atomic E-state index is -0.240. The number of aldehydes is 1. The van der Waals surface area contributed by atoms with Crippen molar-refractivity contribution in [2.75, 3.05) is 38.1 Å². The predicted molar refractivity (Wildman–Crippen MR) is 97.9 cm³/mol. The first-order valence-electron chi connectivity index (χ1n) is 7.73. The summed E-state index contributed by atoms with van der Waals surface area (Å²) >= 11 is 0.772. The molecule has 0 unspecified atom stereocenters. The molecule has 1 N–H and O–H groups in total. The summed E-state index contributed by atoms with van der Waals surface area (Å²) in [7, 11) is 3.71. The van der Waals surface area contributed by atoms with Crippen molar-refractivity contribution in [3.63, 3.8) is 0 Å². The lowest BCUT2D eigenvalue weighted by Gasteiger charge is -2.20. The fraction of sp³-hybridized carbons (Fsp3) is 0.412. The molecule has 130 valence electrons. The first kappa shape index (κ1) is 18.5. The molecule has 0 fully saturated rings. The van der Waals surface area contributed by atoms with Gasteiger partial charge >= 0.3 is 0 Å². The number of benzene rings is 1. The summed E-state index contributed by atoms with van der Waals surface area (Å²) in [6.07, 6.45) is 3.78. The number of nitrogens with zero attached hydrogens (tertiary/aromatic N) is 2. The maximum Gasteiger partial charge on any atom is 0.200 e. The molecule has 24 heavy (non-hydrogen) atoms. The largest absolute Gasteiger partial charge is 0.380 e. The molecule has 0 bridgehead atoms. The number of aryl methyl sites for hydroxylation is 1. The number of pyridine rings is 1. The second kappa shape index (κ2) is 8.86.